The van der Waals surface area contributed by atoms with Crippen molar-refractivity contribution in [3.8, 4) is 5.75 Å². The molecule has 0 aliphatic carbocycles. The molecular weight excluding hydrogens is 464 g/mol. The zero-order chi connectivity index (χ0) is 20.3. The first-order valence-corrected chi connectivity index (χ1v) is 12.0. The molecule has 9 heteroatoms. The Morgan fingerprint density at radius 1 is 1.29 bits per heavy atom. The van der Waals surface area contributed by atoms with Gasteiger partial charge in [0.25, 0.3) is 10.0 Å². The number of hydrogen-bond acceptors (Lipinski definition) is 5. The van der Waals surface area contributed by atoms with Crippen LogP contribution in [-0.4, -0.2) is 50.8 Å². The third-order valence-corrected chi connectivity index (χ3v) is 8.79. The summed E-state index contributed by atoms with van der Waals surface area (Å²) in [6, 6.07) is 10.9. The van der Waals surface area contributed by atoms with Gasteiger partial charge in [0, 0.05) is 26.7 Å². The van der Waals surface area contributed by atoms with E-state index in [0.717, 1.165) is 15.1 Å². The van der Waals surface area contributed by atoms with Crippen LogP contribution in [0.25, 0.3) is 0 Å². The first kappa shape index (κ1) is 21.3. The molecule has 152 valence electrons. The number of rotatable bonds is 6. The van der Waals surface area contributed by atoms with Gasteiger partial charge in [-0.3, -0.25) is 4.79 Å². The molecule has 1 aromatic carbocycles. The molecule has 0 bridgehead atoms. The van der Waals surface area contributed by atoms with Crippen LogP contribution in [0, 0.1) is 5.92 Å². The van der Waals surface area contributed by atoms with Crippen LogP contribution >= 0.6 is 27.3 Å². The zero-order valence-corrected chi connectivity index (χ0v) is 19.0. The monoisotopic (exact) mass is 486 g/mol. The van der Waals surface area contributed by atoms with Gasteiger partial charge in [-0.05, 0) is 58.6 Å². The summed E-state index contributed by atoms with van der Waals surface area (Å²) in [6.07, 6.45) is 1.38. The Morgan fingerprint density at radius 2 is 2.00 bits per heavy atom. The summed E-state index contributed by atoms with van der Waals surface area (Å²) in [5.74, 6) is 0.421. The second-order valence-electron chi connectivity index (χ2n) is 6.80. The van der Waals surface area contributed by atoms with Gasteiger partial charge in [0.15, 0.2) is 0 Å². The van der Waals surface area contributed by atoms with E-state index < -0.39 is 10.0 Å². The summed E-state index contributed by atoms with van der Waals surface area (Å²) >= 11 is 4.50. The normalized spacial score (nSPS) is 18.0. The maximum Gasteiger partial charge on any atom is 0.252 e. The number of methoxy groups -OCH3 is 1. The molecule has 6 nitrogen and oxygen atoms in total. The van der Waals surface area contributed by atoms with E-state index in [1.165, 1.54) is 15.6 Å². The molecule has 0 N–H and O–H groups in total. The van der Waals surface area contributed by atoms with Crippen molar-refractivity contribution >= 4 is 43.2 Å². The van der Waals surface area contributed by atoms with Crippen LogP contribution in [0.3, 0.4) is 0 Å². The molecule has 2 heterocycles. The van der Waals surface area contributed by atoms with Gasteiger partial charge in [-0.25, -0.2) is 8.42 Å². The molecule has 28 heavy (non-hydrogen) atoms. The fraction of sp³-hybridized carbons (Fsp3) is 0.421. The minimum Gasteiger partial charge on any atom is -0.497 e. The Bertz CT molecular complexity index is 928. The summed E-state index contributed by atoms with van der Waals surface area (Å²) in [5, 5.41) is 0. The molecule has 1 aliphatic heterocycles. The molecule has 1 aromatic heterocycles. The number of nitrogens with zero attached hydrogens (tertiary/aromatic N) is 2. The van der Waals surface area contributed by atoms with Crippen LogP contribution in [0.2, 0.25) is 0 Å². The lowest BCUT2D eigenvalue weighted by atomic mass is 9.98. The number of halogens is 1. The van der Waals surface area contributed by atoms with Crippen LogP contribution in [0.5, 0.6) is 5.75 Å². The predicted octanol–water partition coefficient (Wildman–Crippen LogP) is 3.58. The molecule has 0 radical (unpaired) electrons. The van der Waals surface area contributed by atoms with Crippen molar-refractivity contribution in [2.75, 3.05) is 27.2 Å². The standard InChI is InChI=1S/C19H23BrN2O4S2/c1-21(12-14-5-7-16(26-2)8-6-14)19(23)15-4-3-11-22(13-15)28(24,25)18-10-9-17(20)27-18/h5-10,15H,3-4,11-13H2,1-2H3. The van der Waals surface area contributed by atoms with Crippen LogP contribution in [0.15, 0.2) is 44.4 Å². The SMILES string of the molecule is COc1ccc(CN(C)C(=O)C2CCCN(S(=O)(=O)c3ccc(Br)s3)C2)cc1. The van der Waals surface area contributed by atoms with Crippen molar-refractivity contribution in [2.24, 2.45) is 5.92 Å². The number of amides is 1. The van der Waals surface area contributed by atoms with E-state index in [9.17, 15) is 13.2 Å². The molecule has 1 fully saturated rings. The van der Waals surface area contributed by atoms with Gasteiger partial charge in [0.2, 0.25) is 5.91 Å². The molecule has 0 saturated carbocycles. The number of hydrogen-bond donors (Lipinski definition) is 0. The second kappa shape index (κ2) is 8.94. The average molecular weight is 487 g/mol. The Balaban J connectivity index is 1.66. The van der Waals surface area contributed by atoms with Crippen LogP contribution < -0.4 is 4.74 Å². The van der Waals surface area contributed by atoms with Crippen molar-refractivity contribution in [1.82, 2.24) is 9.21 Å². The number of carbonyl (C=O) groups excluding carboxylic acids is 1. The topological polar surface area (TPSA) is 66.9 Å². The van der Waals surface area contributed by atoms with Gasteiger partial charge in [-0.2, -0.15) is 4.31 Å². The van der Waals surface area contributed by atoms with Gasteiger partial charge >= 0.3 is 0 Å². The lowest BCUT2D eigenvalue weighted by Crippen LogP contribution is -2.45. The van der Waals surface area contributed by atoms with Crippen molar-refractivity contribution in [3.05, 3.63) is 45.7 Å². The van der Waals surface area contributed by atoms with Crippen LogP contribution in [0.1, 0.15) is 18.4 Å². The molecule has 1 atom stereocenters. The molecule has 1 unspecified atom stereocenters. The van der Waals surface area contributed by atoms with E-state index in [4.69, 9.17) is 4.74 Å². The Labute approximate surface area is 178 Å². The lowest BCUT2D eigenvalue weighted by molar-refractivity contribution is -0.135. The highest BCUT2D eigenvalue weighted by Gasteiger charge is 2.35. The molecule has 3 rings (SSSR count). The maximum atomic E-state index is 12.9. The van der Waals surface area contributed by atoms with Crippen LogP contribution in [0.4, 0.5) is 0 Å². The minimum absolute atomic E-state index is 0.0249. The highest BCUT2D eigenvalue weighted by molar-refractivity contribution is 9.11. The first-order chi connectivity index (χ1) is 13.3. The summed E-state index contributed by atoms with van der Waals surface area (Å²) in [6.45, 7) is 1.15. The van der Waals surface area contributed by atoms with Crippen molar-refractivity contribution in [1.29, 1.82) is 0 Å². The zero-order valence-electron chi connectivity index (χ0n) is 15.8. The fourth-order valence-electron chi connectivity index (χ4n) is 3.32. The number of carbonyl (C=O) groups is 1. The molecule has 1 amide bonds. The van der Waals surface area contributed by atoms with E-state index >= 15 is 0 Å². The number of thiophene rings is 1. The summed E-state index contributed by atoms with van der Waals surface area (Å²) in [4.78, 5) is 14.6. The Morgan fingerprint density at radius 3 is 2.61 bits per heavy atom. The van der Waals surface area contributed by atoms with E-state index in [1.807, 2.05) is 24.3 Å². The molecule has 0 spiro atoms. The molecule has 1 aliphatic rings. The lowest BCUT2D eigenvalue weighted by Gasteiger charge is -2.33. The van der Waals surface area contributed by atoms with Gasteiger partial charge < -0.3 is 9.64 Å². The second-order valence-corrected chi connectivity index (χ2v) is 11.4. The van der Waals surface area contributed by atoms with E-state index in [0.29, 0.717) is 30.1 Å². The van der Waals surface area contributed by atoms with Gasteiger partial charge in [0.05, 0.1) is 16.8 Å². The third-order valence-electron chi connectivity index (χ3n) is 4.83. The largest absolute Gasteiger partial charge is 0.497 e. The first-order valence-electron chi connectivity index (χ1n) is 8.94. The molecule has 1 saturated heterocycles. The average Bonchev–Trinajstić information content (AvgIpc) is 3.15. The van der Waals surface area contributed by atoms with Crippen molar-refractivity contribution in [2.45, 2.75) is 23.6 Å². The number of benzene rings is 1. The van der Waals surface area contributed by atoms with E-state index in [-0.39, 0.29) is 18.4 Å². The van der Waals surface area contributed by atoms with Crippen molar-refractivity contribution in [3.63, 3.8) is 0 Å². The highest BCUT2D eigenvalue weighted by atomic mass is 79.9. The Kier molecular flexibility index (Phi) is 6.80. The van der Waals surface area contributed by atoms with E-state index in [2.05, 4.69) is 15.9 Å². The summed E-state index contributed by atoms with van der Waals surface area (Å²) in [7, 11) is -0.189. The minimum atomic E-state index is -3.56. The van der Waals surface area contributed by atoms with Crippen molar-refractivity contribution < 1.29 is 17.9 Å². The molecular formula is C19H23BrN2O4S2. The third kappa shape index (κ3) is 4.76. The van der Waals surface area contributed by atoms with Crippen LogP contribution in [-0.2, 0) is 21.4 Å². The van der Waals surface area contributed by atoms with Gasteiger partial charge in [-0.15, -0.1) is 11.3 Å². The summed E-state index contributed by atoms with van der Waals surface area (Å²) < 4.78 is 33.4. The summed E-state index contributed by atoms with van der Waals surface area (Å²) in [5.41, 5.74) is 1.00. The van der Waals surface area contributed by atoms with Gasteiger partial charge in [0.1, 0.15) is 9.96 Å². The molecule has 2 aromatic rings. The number of piperidine rings is 1. The quantitative estimate of drug-likeness (QED) is 0.625. The number of sulfonamides is 1. The maximum absolute atomic E-state index is 12.9. The highest BCUT2D eigenvalue weighted by Crippen LogP contribution is 2.31. The smallest absolute Gasteiger partial charge is 0.252 e. The fourth-order valence-corrected chi connectivity index (χ4v) is 7.01. The Hall–Kier alpha value is -1.42. The van der Waals surface area contributed by atoms with Gasteiger partial charge in [-0.1, -0.05) is 12.1 Å². The predicted molar refractivity (Wildman–Crippen MR) is 113 cm³/mol. The van der Waals surface area contributed by atoms with E-state index in [1.54, 1.807) is 31.2 Å². The number of ether oxygens (including phenoxy) is 1.